The van der Waals surface area contributed by atoms with E-state index in [1.165, 1.54) is 4.90 Å². The number of imide groups is 1. The van der Waals surface area contributed by atoms with Crippen LogP contribution in [0.25, 0.3) is 10.8 Å². The third-order valence-corrected chi connectivity index (χ3v) is 5.59. The predicted molar refractivity (Wildman–Crippen MR) is 98.9 cm³/mol. The number of rotatable bonds is 4. The molecule has 2 aliphatic rings. The van der Waals surface area contributed by atoms with Gasteiger partial charge in [-0.1, -0.05) is 28.1 Å². The summed E-state index contributed by atoms with van der Waals surface area (Å²) in [5.41, 5.74) is 1.22. The van der Waals surface area contributed by atoms with Gasteiger partial charge in [-0.3, -0.25) is 19.4 Å². The van der Waals surface area contributed by atoms with Crippen molar-refractivity contribution in [3.8, 4) is 0 Å². The van der Waals surface area contributed by atoms with E-state index in [4.69, 9.17) is 4.74 Å². The molecule has 1 saturated heterocycles. The molecule has 130 valence electrons. The SMILES string of the molecule is O=C1c2cccc3c(Br)ccc(c23)C(=O)N1CCCN1CCOCC1. The molecule has 0 atom stereocenters. The molecule has 0 saturated carbocycles. The summed E-state index contributed by atoms with van der Waals surface area (Å²) in [5.74, 6) is -0.383. The Morgan fingerprint density at radius 1 is 0.960 bits per heavy atom. The van der Waals surface area contributed by atoms with Gasteiger partial charge < -0.3 is 4.74 Å². The lowest BCUT2D eigenvalue weighted by Crippen LogP contribution is -2.43. The molecule has 0 bridgehead atoms. The molecule has 0 radical (unpaired) electrons. The third kappa shape index (κ3) is 2.99. The van der Waals surface area contributed by atoms with Crippen molar-refractivity contribution in [2.45, 2.75) is 6.42 Å². The number of hydrogen-bond acceptors (Lipinski definition) is 4. The van der Waals surface area contributed by atoms with E-state index < -0.39 is 0 Å². The van der Waals surface area contributed by atoms with Gasteiger partial charge in [0.15, 0.2) is 0 Å². The lowest BCUT2D eigenvalue weighted by molar-refractivity contribution is 0.0352. The normalized spacial score (nSPS) is 18.2. The molecule has 2 heterocycles. The summed E-state index contributed by atoms with van der Waals surface area (Å²) >= 11 is 3.51. The first-order chi connectivity index (χ1) is 12.2. The van der Waals surface area contributed by atoms with Crippen LogP contribution in [0.15, 0.2) is 34.8 Å². The number of carbonyl (C=O) groups is 2. The summed E-state index contributed by atoms with van der Waals surface area (Å²) in [6.45, 7) is 4.66. The number of nitrogens with zero attached hydrogens (tertiary/aromatic N) is 2. The van der Waals surface area contributed by atoms with Crippen molar-refractivity contribution >= 4 is 38.5 Å². The molecule has 6 heteroatoms. The minimum absolute atomic E-state index is 0.192. The van der Waals surface area contributed by atoms with E-state index in [1.807, 2.05) is 24.3 Å². The molecular weight excluding hydrogens is 384 g/mol. The van der Waals surface area contributed by atoms with Crippen molar-refractivity contribution in [3.05, 3.63) is 45.9 Å². The smallest absolute Gasteiger partial charge is 0.261 e. The van der Waals surface area contributed by atoms with Crippen molar-refractivity contribution in [2.75, 3.05) is 39.4 Å². The van der Waals surface area contributed by atoms with Crippen LogP contribution in [0.4, 0.5) is 0 Å². The van der Waals surface area contributed by atoms with Gasteiger partial charge in [0.2, 0.25) is 0 Å². The molecule has 2 aliphatic heterocycles. The van der Waals surface area contributed by atoms with Crippen LogP contribution < -0.4 is 0 Å². The van der Waals surface area contributed by atoms with Crippen LogP contribution in [0, 0.1) is 0 Å². The Morgan fingerprint density at radius 3 is 2.44 bits per heavy atom. The van der Waals surface area contributed by atoms with Gasteiger partial charge in [0.05, 0.1) is 13.2 Å². The Hall–Kier alpha value is -1.76. The highest BCUT2D eigenvalue weighted by Crippen LogP contribution is 2.34. The fourth-order valence-corrected chi connectivity index (χ4v) is 4.05. The number of hydrogen-bond donors (Lipinski definition) is 0. The third-order valence-electron chi connectivity index (χ3n) is 4.90. The number of amides is 2. The van der Waals surface area contributed by atoms with Gasteiger partial charge in [-0.05, 0) is 30.0 Å². The molecular formula is C19H19BrN2O3. The van der Waals surface area contributed by atoms with Gasteiger partial charge >= 0.3 is 0 Å². The topological polar surface area (TPSA) is 49.9 Å². The number of ether oxygens (including phenoxy) is 1. The second kappa shape index (κ2) is 6.86. The Labute approximate surface area is 154 Å². The number of morpholine rings is 1. The average Bonchev–Trinajstić information content (AvgIpc) is 2.64. The first-order valence-corrected chi connectivity index (χ1v) is 9.33. The zero-order valence-corrected chi connectivity index (χ0v) is 15.4. The van der Waals surface area contributed by atoms with E-state index in [9.17, 15) is 9.59 Å². The van der Waals surface area contributed by atoms with E-state index in [0.717, 1.165) is 54.5 Å². The van der Waals surface area contributed by atoms with E-state index in [0.29, 0.717) is 17.7 Å². The quantitative estimate of drug-likeness (QED) is 0.737. The molecule has 0 N–H and O–H groups in total. The number of benzene rings is 2. The summed E-state index contributed by atoms with van der Waals surface area (Å²) in [6.07, 6.45) is 0.777. The molecule has 5 nitrogen and oxygen atoms in total. The molecule has 4 rings (SSSR count). The fraction of sp³-hybridized carbons (Fsp3) is 0.368. The zero-order chi connectivity index (χ0) is 17.4. The highest BCUT2D eigenvalue weighted by molar-refractivity contribution is 9.10. The average molecular weight is 403 g/mol. The van der Waals surface area contributed by atoms with Crippen LogP contribution in [0.5, 0.6) is 0 Å². The van der Waals surface area contributed by atoms with Gasteiger partial charge in [0.25, 0.3) is 11.8 Å². The highest BCUT2D eigenvalue weighted by atomic mass is 79.9. The predicted octanol–water partition coefficient (Wildman–Crippen LogP) is 2.92. The molecule has 2 amide bonds. The monoisotopic (exact) mass is 402 g/mol. The molecule has 0 unspecified atom stereocenters. The summed E-state index contributed by atoms with van der Waals surface area (Å²) in [6, 6.07) is 9.29. The molecule has 0 spiro atoms. The molecule has 0 aliphatic carbocycles. The lowest BCUT2D eigenvalue weighted by atomic mass is 9.94. The molecule has 25 heavy (non-hydrogen) atoms. The van der Waals surface area contributed by atoms with E-state index in [1.54, 1.807) is 6.07 Å². The highest BCUT2D eigenvalue weighted by Gasteiger charge is 2.32. The van der Waals surface area contributed by atoms with Gasteiger partial charge in [0, 0.05) is 47.2 Å². The Morgan fingerprint density at radius 2 is 1.68 bits per heavy atom. The van der Waals surface area contributed by atoms with Crippen LogP contribution in [-0.4, -0.2) is 61.0 Å². The van der Waals surface area contributed by atoms with Crippen LogP contribution in [0.3, 0.4) is 0 Å². The summed E-state index contributed by atoms with van der Waals surface area (Å²) in [5, 5.41) is 1.67. The molecule has 2 aromatic rings. The van der Waals surface area contributed by atoms with E-state index in [-0.39, 0.29) is 11.8 Å². The van der Waals surface area contributed by atoms with Crippen LogP contribution in [-0.2, 0) is 4.74 Å². The summed E-state index contributed by atoms with van der Waals surface area (Å²) < 4.78 is 6.24. The van der Waals surface area contributed by atoms with Crippen molar-refractivity contribution in [1.29, 1.82) is 0 Å². The van der Waals surface area contributed by atoms with Crippen molar-refractivity contribution in [3.63, 3.8) is 0 Å². The maximum Gasteiger partial charge on any atom is 0.261 e. The largest absolute Gasteiger partial charge is 0.379 e. The van der Waals surface area contributed by atoms with Crippen LogP contribution in [0.2, 0.25) is 0 Å². The second-order valence-electron chi connectivity index (χ2n) is 6.39. The Bertz CT molecular complexity index is 824. The van der Waals surface area contributed by atoms with E-state index >= 15 is 0 Å². The van der Waals surface area contributed by atoms with E-state index in [2.05, 4.69) is 20.8 Å². The standard InChI is InChI=1S/C19H19BrN2O3/c20-16-6-5-15-17-13(16)3-1-4-14(17)18(23)22(19(15)24)8-2-7-21-9-11-25-12-10-21/h1,3-6H,2,7-12H2. The number of halogens is 1. The second-order valence-corrected chi connectivity index (χ2v) is 7.25. The zero-order valence-electron chi connectivity index (χ0n) is 13.8. The summed E-state index contributed by atoms with van der Waals surface area (Å²) in [7, 11) is 0. The Kier molecular flexibility index (Phi) is 4.58. The maximum atomic E-state index is 12.9. The minimum Gasteiger partial charge on any atom is -0.379 e. The van der Waals surface area contributed by atoms with Crippen LogP contribution >= 0.6 is 15.9 Å². The van der Waals surface area contributed by atoms with Gasteiger partial charge in [-0.15, -0.1) is 0 Å². The van der Waals surface area contributed by atoms with Gasteiger partial charge in [-0.25, -0.2) is 0 Å². The first-order valence-electron chi connectivity index (χ1n) is 8.54. The minimum atomic E-state index is -0.192. The maximum absolute atomic E-state index is 12.9. The first kappa shape index (κ1) is 16.7. The molecule has 2 aromatic carbocycles. The van der Waals surface area contributed by atoms with Crippen molar-refractivity contribution in [1.82, 2.24) is 9.80 Å². The summed E-state index contributed by atoms with van der Waals surface area (Å²) in [4.78, 5) is 29.4. The molecule has 1 fully saturated rings. The van der Waals surface area contributed by atoms with Crippen molar-refractivity contribution < 1.29 is 14.3 Å². The molecule has 0 aromatic heterocycles. The Balaban J connectivity index is 1.56. The number of carbonyl (C=O) groups excluding carboxylic acids is 2. The van der Waals surface area contributed by atoms with Gasteiger partial charge in [-0.2, -0.15) is 0 Å². The lowest BCUT2D eigenvalue weighted by Gasteiger charge is -2.30. The van der Waals surface area contributed by atoms with Crippen molar-refractivity contribution in [2.24, 2.45) is 0 Å². The van der Waals surface area contributed by atoms with Gasteiger partial charge in [0.1, 0.15) is 0 Å². The van der Waals surface area contributed by atoms with Crippen LogP contribution in [0.1, 0.15) is 27.1 Å². The fourth-order valence-electron chi connectivity index (χ4n) is 3.59.